The second-order valence-electron chi connectivity index (χ2n) is 7.82. The summed E-state index contributed by atoms with van der Waals surface area (Å²) in [6, 6.07) is -4.62. The molecule has 0 radical (unpaired) electrons. The smallest absolute Gasteiger partial charge is 0.415 e. The van der Waals surface area contributed by atoms with Gasteiger partial charge < -0.3 is 46.8 Å². The number of nitrogens with one attached hydrogen (secondary N) is 2. The van der Waals surface area contributed by atoms with Gasteiger partial charge in [0.15, 0.2) is 14.7 Å². The lowest BCUT2D eigenvalue weighted by Gasteiger charge is -2.16. The van der Waals surface area contributed by atoms with Gasteiger partial charge in [-0.15, -0.1) is 0 Å². The van der Waals surface area contributed by atoms with Gasteiger partial charge in [-0.3, -0.25) is 23.5 Å². The van der Waals surface area contributed by atoms with Crippen LogP contribution < -0.4 is 22.1 Å². The Morgan fingerprint density at radius 1 is 0.800 bits per heavy atom. The molecule has 0 fully saturated rings. The number of hydrogen-bond donors (Lipinski definition) is 8. The standard InChI is InChI=1S/C12H22N3O8P.C5H12NO4P/c1-6(9(16)14-7(2)10(17)18)15-12(20)23-11(19)8(13)4-5-24(3,21)22;1-11(9,10)3-2-4(6)5(7)8/h6-8H,4-5,13H2,1-3H3,(H,14,16)(H,15,20)(H,17,18)(H,21,22);4H,2-3,6H2,1H3,(H,7,8)(H,9,10)/t6-,7-,8-;4-/m00/s1. The molecular weight excluding hydrogens is 514 g/mol. The van der Waals surface area contributed by atoms with E-state index in [1.165, 1.54) is 20.5 Å². The van der Waals surface area contributed by atoms with E-state index in [1.807, 2.05) is 5.32 Å². The summed E-state index contributed by atoms with van der Waals surface area (Å²) in [4.78, 5) is 73.2. The Balaban J connectivity index is 0. The van der Waals surface area contributed by atoms with E-state index < -0.39 is 68.8 Å². The van der Waals surface area contributed by atoms with E-state index in [9.17, 15) is 33.1 Å². The van der Waals surface area contributed by atoms with E-state index in [-0.39, 0.29) is 25.2 Å². The van der Waals surface area contributed by atoms with Crippen LogP contribution in [0.4, 0.5) is 4.79 Å². The van der Waals surface area contributed by atoms with Gasteiger partial charge in [-0.05, 0) is 26.7 Å². The van der Waals surface area contributed by atoms with Crippen LogP contribution in [-0.2, 0) is 33.0 Å². The summed E-state index contributed by atoms with van der Waals surface area (Å²) in [6.07, 6.45) is -1.61. The van der Waals surface area contributed by atoms with Gasteiger partial charge in [0.25, 0.3) is 0 Å². The van der Waals surface area contributed by atoms with Crippen molar-refractivity contribution in [2.45, 2.75) is 50.9 Å². The second-order valence-corrected chi connectivity index (χ2v) is 12.9. The molecule has 6 atom stereocenters. The van der Waals surface area contributed by atoms with Crippen LogP contribution in [0.15, 0.2) is 0 Å². The van der Waals surface area contributed by atoms with Gasteiger partial charge >= 0.3 is 24.0 Å². The molecule has 0 aromatic heterocycles. The normalized spacial score (nSPS) is 17.5. The van der Waals surface area contributed by atoms with Crippen molar-refractivity contribution in [3.05, 3.63) is 0 Å². The summed E-state index contributed by atoms with van der Waals surface area (Å²) in [7, 11) is -6.44. The summed E-state index contributed by atoms with van der Waals surface area (Å²) in [6.45, 7) is 4.79. The fraction of sp³-hybridized carbons (Fsp3) is 0.706. The van der Waals surface area contributed by atoms with Crippen LogP contribution in [0, 0.1) is 0 Å². The monoisotopic (exact) mass is 548 g/mol. The van der Waals surface area contributed by atoms with Crippen LogP contribution in [-0.4, -0.2) is 99.7 Å². The number of ether oxygens (including phenoxy) is 1. The second kappa shape index (κ2) is 15.6. The highest BCUT2D eigenvalue weighted by atomic mass is 31.2. The van der Waals surface area contributed by atoms with Crippen LogP contribution >= 0.6 is 14.7 Å². The average Bonchev–Trinajstić information content (AvgIpc) is 2.68. The molecule has 10 N–H and O–H groups in total. The van der Waals surface area contributed by atoms with Crippen molar-refractivity contribution in [2.24, 2.45) is 11.5 Å². The first kappa shape index (κ1) is 34.8. The number of rotatable bonds is 12. The number of aliphatic carboxylic acids is 2. The highest BCUT2D eigenvalue weighted by molar-refractivity contribution is 7.57. The molecule has 0 bridgehead atoms. The van der Waals surface area contributed by atoms with Crippen LogP contribution in [0.3, 0.4) is 0 Å². The van der Waals surface area contributed by atoms with E-state index >= 15 is 0 Å². The van der Waals surface area contributed by atoms with E-state index in [1.54, 1.807) is 0 Å². The van der Waals surface area contributed by atoms with E-state index in [0.29, 0.717) is 0 Å². The Bertz CT molecular complexity index is 856. The third-order valence-electron chi connectivity index (χ3n) is 3.98. The first-order valence-corrected chi connectivity index (χ1v) is 14.6. The number of carboxylic acids is 2. The summed E-state index contributed by atoms with van der Waals surface area (Å²) < 4.78 is 26.1. The number of carbonyl (C=O) groups is 5. The maximum Gasteiger partial charge on any atom is 0.415 e. The largest absolute Gasteiger partial charge is 0.480 e. The highest BCUT2D eigenvalue weighted by Crippen LogP contribution is 2.36. The molecule has 0 rings (SSSR count). The molecule has 0 saturated heterocycles. The number of amides is 2. The Kier molecular flexibility index (Phi) is 15.5. The quantitative estimate of drug-likeness (QED) is 0.0784. The maximum atomic E-state index is 11.6. The summed E-state index contributed by atoms with van der Waals surface area (Å²) >= 11 is 0. The maximum absolute atomic E-state index is 11.6. The minimum Gasteiger partial charge on any atom is -0.480 e. The zero-order chi connectivity index (χ0) is 28.1. The Hall–Kier alpha value is -2.35. The van der Waals surface area contributed by atoms with Gasteiger partial charge in [-0.2, -0.15) is 0 Å². The molecule has 0 aliphatic carbocycles. The SMILES string of the molecule is CP(=O)(O)CC[C@H](N)C(=O)O.C[C@H](NC(=O)[C@H](C)NC(=O)OC(=O)[C@@H](N)CCP(C)(=O)O)C(=O)O. The molecule has 0 saturated carbocycles. The van der Waals surface area contributed by atoms with Gasteiger partial charge in [0, 0.05) is 25.7 Å². The van der Waals surface area contributed by atoms with Gasteiger partial charge in [0.1, 0.15) is 24.2 Å². The van der Waals surface area contributed by atoms with Crippen LogP contribution in [0.1, 0.15) is 26.7 Å². The Labute approximate surface area is 201 Å². The highest BCUT2D eigenvalue weighted by Gasteiger charge is 2.25. The molecule has 0 spiro atoms. The topological polar surface area (TPSA) is 286 Å². The van der Waals surface area contributed by atoms with Crippen LogP contribution in [0.2, 0.25) is 0 Å². The first-order chi connectivity index (χ1) is 15.7. The lowest BCUT2D eigenvalue weighted by molar-refractivity contribution is -0.141. The summed E-state index contributed by atoms with van der Waals surface area (Å²) in [5.74, 6) is -4.30. The summed E-state index contributed by atoms with van der Waals surface area (Å²) in [5.41, 5.74) is 10.5. The fourth-order valence-corrected chi connectivity index (χ4v) is 3.35. The molecule has 0 heterocycles. The zero-order valence-electron chi connectivity index (χ0n) is 19.7. The van der Waals surface area contributed by atoms with Crippen LogP contribution in [0.25, 0.3) is 0 Å². The minimum atomic E-state index is -3.34. The molecule has 18 heteroatoms. The molecular formula is C17H34N4O12P2. The number of hydrogen-bond acceptors (Lipinski definition) is 10. The molecule has 204 valence electrons. The lowest BCUT2D eigenvalue weighted by Crippen LogP contribution is -2.50. The molecule has 16 nitrogen and oxygen atoms in total. The van der Waals surface area contributed by atoms with E-state index in [4.69, 9.17) is 31.5 Å². The van der Waals surface area contributed by atoms with Crippen molar-refractivity contribution in [1.82, 2.24) is 10.6 Å². The molecule has 0 aliphatic heterocycles. The number of alkyl carbamates (subject to hydrolysis) is 1. The number of esters is 1. The van der Waals surface area contributed by atoms with Crippen molar-refractivity contribution in [3.8, 4) is 0 Å². The van der Waals surface area contributed by atoms with Crippen molar-refractivity contribution in [2.75, 3.05) is 25.7 Å². The Morgan fingerprint density at radius 3 is 1.60 bits per heavy atom. The minimum absolute atomic E-state index is 0.0412. The van der Waals surface area contributed by atoms with E-state index in [2.05, 4.69) is 10.1 Å². The van der Waals surface area contributed by atoms with Crippen molar-refractivity contribution >= 4 is 44.6 Å². The van der Waals surface area contributed by atoms with E-state index in [0.717, 1.165) is 6.66 Å². The van der Waals surface area contributed by atoms with Gasteiger partial charge in [-0.1, -0.05) is 0 Å². The number of carbonyl (C=O) groups excluding carboxylic acids is 3. The third kappa shape index (κ3) is 19.6. The number of carboxylic acid groups (broad SMARTS) is 2. The van der Waals surface area contributed by atoms with Crippen molar-refractivity contribution < 1.29 is 57.8 Å². The molecule has 0 aliphatic rings. The van der Waals surface area contributed by atoms with Crippen molar-refractivity contribution in [1.29, 1.82) is 0 Å². The zero-order valence-corrected chi connectivity index (χ0v) is 21.5. The van der Waals surface area contributed by atoms with Gasteiger partial charge in [-0.25, -0.2) is 9.59 Å². The molecule has 2 amide bonds. The Morgan fingerprint density at radius 2 is 1.23 bits per heavy atom. The van der Waals surface area contributed by atoms with Crippen molar-refractivity contribution in [3.63, 3.8) is 0 Å². The predicted molar refractivity (Wildman–Crippen MR) is 123 cm³/mol. The predicted octanol–water partition coefficient (Wildman–Crippen LogP) is -1.48. The first-order valence-electron chi connectivity index (χ1n) is 10.0. The fourth-order valence-electron chi connectivity index (χ4n) is 1.84. The van der Waals surface area contributed by atoms with Gasteiger partial charge in [0.05, 0.1) is 0 Å². The van der Waals surface area contributed by atoms with Crippen LogP contribution in [0.5, 0.6) is 0 Å². The lowest BCUT2D eigenvalue weighted by atomic mass is 10.2. The average molecular weight is 548 g/mol. The number of nitrogens with two attached hydrogens (primary N) is 2. The molecule has 35 heavy (non-hydrogen) atoms. The molecule has 2 unspecified atom stereocenters. The molecule has 0 aromatic rings. The van der Waals surface area contributed by atoms with Gasteiger partial charge in [0.2, 0.25) is 5.91 Å². The third-order valence-corrected chi connectivity index (χ3v) is 6.16. The molecule has 0 aromatic carbocycles. The summed E-state index contributed by atoms with van der Waals surface area (Å²) in [5, 5.41) is 21.1.